The van der Waals surface area contributed by atoms with Crippen molar-refractivity contribution in [2.75, 3.05) is 0 Å². The molecule has 0 bridgehead atoms. The second kappa shape index (κ2) is 7.46. The Morgan fingerprint density at radius 2 is 1.48 bits per heavy atom. The van der Waals surface area contributed by atoms with Crippen molar-refractivity contribution in [2.45, 2.75) is 50.0 Å². The van der Waals surface area contributed by atoms with Crippen LogP contribution < -0.4 is 4.74 Å². The fourth-order valence-electron chi connectivity index (χ4n) is 4.06. The summed E-state index contributed by atoms with van der Waals surface area (Å²) in [5.74, 6) is -0.483. The molecule has 0 N–H and O–H groups in total. The van der Waals surface area contributed by atoms with Crippen LogP contribution in [0.2, 0.25) is 0 Å². The van der Waals surface area contributed by atoms with E-state index in [2.05, 4.69) is 19.9 Å². The number of benzene rings is 1. The van der Waals surface area contributed by atoms with Gasteiger partial charge in [-0.2, -0.15) is 4.39 Å². The fourth-order valence-corrected chi connectivity index (χ4v) is 4.06. The lowest BCUT2D eigenvalue weighted by atomic mass is 10.1. The van der Waals surface area contributed by atoms with E-state index in [9.17, 15) is 8.78 Å². The minimum atomic E-state index is -0.895. The van der Waals surface area contributed by atoms with Crippen LogP contribution in [0.1, 0.15) is 55.1 Å². The van der Waals surface area contributed by atoms with Crippen LogP contribution in [0.25, 0.3) is 11.6 Å². The molecule has 3 aromatic rings. The zero-order valence-corrected chi connectivity index (χ0v) is 15.8. The van der Waals surface area contributed by atoms with Crippen molar-refractivity contribution in [1.29, 1.82) is 0 Å². The van der Waals surface area contributed by atoms with Gasteiger partial charge in [-0.3, -0.25) is 0 Å². The van der Waals surface area contributed by atoms with Crippen molar-refractivity contribution >= 4 is 0 Å². The summed E-state index contributed by atoms with van der Waals surface area (Å²) >= 11 is 0. The van der Waals surface area contributed by atoms with Gasteiger partial charge in [0.1, 0.15) is 0 Å². The van der Waals surface area contributed by atoms with Crippen LogP contribution in [0, 0.1) is 11.6 Å². The molecule has 2 heterocycles. The van der Waals surface area contributed by atoms with Gasteiger partial charge in [0.25, 0.3) is 0 Å². The van der Waals surface area contributed by atoms with Gasteiger partial charge in [0, 0.05) is 24.8 Å². The fraction of sp³-hybridized carbons (Fsp3) is 0.364. The van der Waals surface area contributed by atoms with Crippen molar-refractivity contribution in [3.63, 3.8) is 0 Å². The molecule has 0 spiro atoms. The quantitative estimate of drug-likeness (QED) is 0.622. The smallest absolute Gasteiger partial charge is 0.200 e. The molecule has 2 aliphatic carbocycles. The largest absolute Gasteiger partial charge is 0.487 e. The van der Waals surface area contributed by atoms with Gasteiger partial charge in [-0.05, 0) is 73.3 Å². The third-order valence-corrected chi connectivity index (χ3v) is 5.70. The van der Waals surface area contributed by atoms with Crippen LogP contribution in [0.3, 0.4) is 0 Å². The maximum atomic E-state index is 14.2. The lowest BCUT2D eigenvalue weighted by Crippen LogP contribution is -2.12. The number of ether oxygens (including phenoxy) is 1. The maximum absolute atomic E-state index is 14.2. The van der Waals surface area contributed by atoms with Gasteiger partial charge < -0.3 is 4.74 Å². The van der Waals surface area contributed by atoms with Crippen molar-refractivity contribution in [3.05, 3.63) is 65.7 Å². The Kier molecular flexibility index (Phi) is 4.66. The molecule has 7 heteroatoms. The number of halogens is 2. The van der Waals surface area contributed by atoms with Gasteiger partial charge >= 0.3 is 0 Å². The summed E-state index contributed by atoms with van der Waals surface area (Å²) in [6.45, 7) is 0. The first-order chi connectivity index (χ1) is 14.2. The maximum Gasteiger partial charge on any atom is 0.200 e. The average molecular weight is 394 g/mol. The van der Waals surface area contributed by atoms with E-state index < -0.39 is 11.6 Å². The molecule has 2 aromatic heterocycles. The molecule has 0 radical (unpaired) electrons. The van der Waals surface area contributed by atoms with Crippen molar-refractivity contribution in [1.82, 2.24) is 19.9 Å². The summed E-state index contributed by atoms with van der Waals surface area (Å²) in [5, 5.41) is 0. The second-order valence-corrected chi connectivity index (χ2v) is 7.70. The number of rotatable bonds is 5. The van der Waals surface area contributed by atoms with Crippen LogP contribution in [0.5, 0.6) is 5.75 Å². The summed E-state index contributed by atoms with van der Waals surface area (Å²) in [6.07, 6.45) is 11.6. The third-order valence-electron chi connectivity index (χ3n) is 5.70. The van der Waals surface area contributed by atoms with E-state index in [1.807, 2.05) is 0 Å². The van der Waals surface area contributed by atoms with E-state index in [0.29, 0.717) is 11.6 Å². The molecule has 2 unspecified atom stereocenters. The number of hydrogen-bond donors (Lipinski definition) is 0. The molecule has 0 amide bonds. The molecule has 2 saturated carbocycles. The van der Waals surface area contributed by atoms with Crippen LogP contribution >= 0.6 is 0 Å². The normalized spacial score (nSPS) is 21.3. The molecule has 2 aliphatic rings. The topological polar surface area (TPSA) is 60.8 Å². The first-order valence-electron chi connectivity index (χ1n) is 9.94. The van der Waals surface area contributed by atoms with Crippen LogP contribution in [0.15, 0.2) is 43.0 Å². The van der Waals surface area contributed by atoms with Crippen LogP contribution in [0.4, 0.5) is 8.78 Å². The van der Waals surface area contributed by atoms with Crippen LogP contribution in [-0.4, -0.2) is 26.0 Å². The third kappa shape index (κ3) is 3.69. The van der Waals surface area contributed by atoms with E-state index in [1.54, 1.807) is 36.9 Å². The van der Waals surface area contributed by atoms with Gasteiger partial charge in [-0.15, -0.1) is 0 Å². The highest BCUT2D eigenvalue weighted by molar-refractivity contribution is 5.44. The second-order valence-electron chi connectivity index (χ2n) is 7.70. The Hall–Kier alpha value is -2.96. The van der Waals surface area contributed by atoms with E-state index >= 15 is 0 Å². The first kappa shape index (κ1) is 18.1. The van der Waals surface area contributed by atoms with E-state index in [1.165, 1.54) is 6.07 Å². The minimum Gasteiger partial charge on any atom is -0.487 e. The van der Waals surface area contributed by atoms with Gasteiger partial charge in [0.05, 0.1) is 6.10 Å². The highest BCUT2D eigenvalue weighted by Gasteiger charge is 2.41. The Bertz CT molecular complexity index is 1010. The van der Waals surface area contributed by atoms with E-state index in [4.69, 9.17) is 4.74 Å². The summed E-state index contributed by atoms with van der Waals surface area (Å²) < 4.78 is 34.1. The molecule has 2 atom stereocenters. The van der Waals surface area contributed by atoms with Gasteiger partial charge in [-0.1, -0.05) is 0 Å². The van der Waals surface area contributed by atoms with Gasteiger partial charge in [0.15, 0.2) is 23.2 Å². The number of nitrogens with zero attached hydrogens (tertiary/aromatic N) is 4. The zero-order valence-electron chi connectivity index (χ0n) is 15.8. The first-order valence-corrected chi connectivity index (χ1v) is 9.94. The SMILES string of the molecule is Fc1cc(C2CC2c2cnc(-c3ncccn3)nc2)cc(OC2CCCC2)c1F. The van der Waals surface area contributed by atoms with E-state index in [-0.39, 0.29) is 23.7 Å². The average Bonchev–Trinajstić information content (AvgIpc) is 3.40. The molecular formula is C22H20F2N4O. The van der Waals surface area contributed by atoms with Crippen molar-refractivity contribution in [2.24, 2.45) is 0 Å². The summed E-state index contributed by atoms with van der Waals surface area (Å²) in [7, 11) is 0. The Labute approximate surface area is 167 Å². The molecule has 0 aliphatic heterocycles. The van der Waals surface area contributed by atoms with Crippen molar-refractivity contribution < 1.29 is 13.5 Å². The Balaban J connectivity index is 1.33. The minimum absolute atomic E-state index is 0.0182. The lowest BCUT2D eigenvalue weighted by molar-refractivity contribution is 0.198. The van der Waals surface area contributed by atoms with Gasteiger partial charge in [0.2, 0.25) is 5.82 Å². The standard InChI is InChI=1S/C22H20F2N4O/c23-18-8-13(9-19(20(18)24)29-15-4-1-2-5-15)16-10-17(16)14-11-27-22(28-12-14)21-25-6-3-7-26-21/h3,6-9,11-12,15-17H,1-2,4-5,10H2. The molecule has 2 fully saturated rings. The van der Waals surface area contributed by atoms with Crippen LogP contribution in [-0.2, 0) is 0 Å². The molecule has 1 aromatic carbocycles. The predicted molar refractivity (Wildman–Crippen MR) is 102 cm³/mol. The van der Waals surface area contributed by atoms with Crippen molar-refractivity contribution in [3.8, 4) is 17.4 Å². The molecular weight excluding hydrogens is 374 g/mol. The lowest BCUT2D eigenvalue weighted by Gasteiger charge is -2.15. The molecule has 0 saturated heterocycles. The highest BCUT2D eigenvalue weighted by Crippen LogP contribution is 2.55. The monoisotopic (exact) mass is 394 g/mol. The summed E-state index contributed by atoms with van der Waals surface area (Å²) in [4.78, 5) is 17.0. The molecule has 5 rings (SSSR count). The molecule has 148 valence electrons. The Morgan fingerprint density at radius 1 is 0.828 bits per heavy atom. The highest BCUT2D eigenvalue weighted by atomic mass is 19.2. The zero-order chi connectivity index (χ0) is 19.8. The Morgan fingerprint density at radius 3 is 2.21 bits per heavy atom. The molecule has 5 nitrogen and oxygen atoms in total. The summed E-state index contributed by atoms with van der Waals surface area (Å²) in [6, 6.07) is 4.68. The number of hydrogen-bond acceptors (Lipinski definition) is 5. The summed E-state index contributed by atoms with van der Waals surface area (Å²) in [5.41, 5.74) is 1.73. The number of aromatic nitrogens is 4. The predicted octanol–water partition coefficient (Wildman–Crippen LogP) is 4.80. The van der Waals surface area contributed by atoms with Gasteiger partial charge in [-0.25, -0.2) is 24.3 Å². The molecule has 29 heavy (non-hydrogen) atoms. The van der Waals surface area contributed by atoms with E-state index in [0.717, 1.165) is 43.2 Å².